The van der Waals surface area contributed by atoms with Gasteiger partial charge >= 0.3 is 0 Å². The number of halogens is 1. The fourth-order valence-electron chi connectivity index (χ4n) is 3.22. The molecule has 6 nitrogen and oxygen atoms in total. The number of rotatable bonds is 7. The van der Waals surface area contributed by atoms with Gasteiger partial charge in [-0.05, 0) is 59.2 Å². The zero-order valence-corrected chi connectivity index (χ0v) is 21.3. The van der Waals surface area contributed by atoms with E-state index in [-0.39, 0.29) is 29.9 Å². The third-order valence-electron chi connectivity index (χ3n) is 4.94. The number of methoxy groups -OCH3 is 1. The van der Waals surface area contributed by atoms with Gasteiger partial charge in [-0.3, -0.25) is 4.79 Å². The number of amides is 1. The Morgan fingerprint density at radius 2 is 1.59 bits per heavy atom. The average molecular weight is 546 g/mol. The Balaban J connectivity index is 0.00000363. The van der Waals surface area contributed by atoms with E-state index in [1.165, 1.54) is 5.39 Å². The summed E-state index contributed by atoms with van der Waals surface area (Å²) in [5, 5.41) is 8.95. The SMILES string of the molecule is CCNC(=NCc1ccc2cc(OC)ccc2c1)NCc1ccc(C(=O)N(C)C)cc1.I. The average Bonchev–Trinajstić information content (AvgIpc) is 2.80. The molecule has 32 heavy (non-hydrogen) atoms. The van der Waals surface area contributed by atoms with E-state index >= 15 is 0 Å². The third kappa shape index (κ3) is 6.85. The minimum absolute atomic E-state index is 0. The molecule has 0 saturated carbocycles. The molecule has 3 aromatic carbocycles. The molecule has 2 N–H and O–H groups in total. The lowest BCUT2D eigenvalue weighted by molar-refractivity contribution is 0.0827. The maximum atomic E-state index is 12.0. The molecule has 0 spiro atoms. The lowest BCUT2D eigenvalue weighted by Gasteiger charge is -2.13. The number of nitrogens with zero attached hydrogens (tertiary/aromatic N) is 2. The van der Waals surface area contributed by atoms with Gasteiger partial charge in [0.1, 0.15) is 5.75 Å². The van der Waals surface area contributed by atoms with Gasteiger partial charge in [0.25, 0.3) is 5.91 Å². The van der Waals surface area contributed by atoms with Crippen LogP contribution in [0.3, 0.4) is 0 Å². The highest BCUT2D eigenvalue weighted by Gasteiger charge is 2.07. The van der Waals surface area contributed by atoms with Crippen molar-refractivity contribution in [2.24, 2.45) is 4.99 Å². The first-order valence-electron chi connectivity index (χ1n) is 10.4. The lowest BCUT2D eigenvalue weighted by atomic mass is 10.1. The van der Waals surface area contributed by atoms with Gasteiger partial charge in [0.2, 0.25) is 0 Å². The van der Waals surface area contributed by atoms with E-state index in [4.69, 9.17) is 9.73 Å². The fourth-order valence-corrected chi connectivity index (χ4v) is 3.22. The molecule has 0 bridgehead atoms. The van der Waals surface area contributed by atoms with Crippen molar-refractivity contribution in [1.29, 1.82) is 0 Å². The summed E-state index contributed by atoms with van der Waals surface area (Å²) >= 11 is 0. The van der Waals surface area contributed by atoms with E-state index in [2.05, 4.69) is 34.9 Å². The Kier molecular flexibility index (Phi) is 9.77. The van der Waals surface area contributed by atoms with Crippen molar-refractivity contribution < 1.29 is 9.53 Å². The minimum Gasteiger partial charge on any atom is -0.497 e. The topological polar surface area (TPSA) is 66.0 Å². The Morgan fingerprint density at radius 3 is 2.25 bits per heavy atom. The second-order valence-corrected chi connectivity index (χ2v) is 7.49. The normalized spacial score (nSPS) is 10.9. The molecule has 170 valence electrons. The number of guanidine groups is 1. The van der Waals surface area contributed by atoms with E-state index in [1.54, 1.807) is 26.1 Å². The second kappa shape index (κ2) is 12.3. The number of benzene rings is 3. The third-order valence-corrected chi connectivity index (χ3v) is 4.94. The maximum Gasteiger partial charge on any atom is 0.253 e. The van der Waals surface area contributed by atoms with Gasteiger partial charge in [-0.2, -0.15) is 0 Å². The summed E-state index contributed by atoms with van der Waals surface area (Å²) in [6, 6.07) is 20.0. The van der Waals surface area contributed by atoms with Crippen LogP contribution in [0.5, 0.6) is 5.75 Å². The molecule has 0 aliphatic heterocycles. The van der Waals surface area contributed by atoms with E-state index < -0.39 is 0 Å². The number of hydrogen-bond acceptors (Lipinski definition) is 3. The molecule has 3 aromatic rings. The van der Waals surface area contributed by atoms with E-state index in [0.717, 1.165) is 34.8 Å². The van der Waals surface area contributed by atoms with Crippen LogP contribution in [0.2, 0.25) is 0 Å². The molecule has 0 aromatic heterocycles. The smallest absolute Gasteiger partial charge is 0.253 e. The molecule has 0 saturated heterocycles. The monoisotopic (exact) mass is 546 g/mol. The number of fused-ring (bicyclic) bond motifs is 1. The Bertz CT molecular complexity index is 1070. The predicted octanol–water partition coefficient (Wildman–Crippen LogP) is 4.42. The zero-order chi connectivity index (χ0) is 22.2. The van der Waals surface area contributed by atoms with Gasteiger partial charge in [0, 0.05) is 32.7 Å². The highest BCUT2D eigenvalue weighted by atomic mass is 127. The lowest BCUT2D eigenvalue weighted by Crippen LogP contribution is -2.36. The number of nitrogens with one attached hydrogen (secondary N) is 2. The first kappa shape index (κ1) is 25.5. The molecule has 0 atom stereocenters. The van der Waals surface area contributed by atoms with Crippen LogP contribution in [0, 0.1) is 0 Å². The number of aliphatic imine (C=N–C) groups is 1. The van der Waals surface area contributed by atoms with Crippen LogP contribution in [0.25, 0.3) is 10.8 Å². The zero-order valence-electron chi connectivity index (χ0n) is 19.0. The molecule has 1 amide bonds. The summed E-state index contributed by atoms with van der Waals surface area (Å²) in [7, 11) is 5.18. The van der Waals surface area contributed by atoms with Crippen molar-refractivity contribution in [2.45, 2.75) is 20.0 Å². The van der Waals surface area contributed by atoms with Crippen molar-refractivity contribution in [3.63, 3.8) is 0 Å². The van der Waals surface area contributed by atoms with Crippen LogP contribution in [-0.2, 0) is 13.1 Å². The van der Waals surface area contributed by atoms with Gasteiger partial charge < -0.3 is 20.3 Å². The Hall–Kier alpha value is -2.81. The van der Waals surface area contributed by atoms with Gasteiger partial charge in [0.15, 0.2) is 5.96 Å². The quantitative estimate of drug-likeness (QED) is 0.262. The van der Waals surface area contributed by atoms with Gasteiger partial charge in [-0.25, -0.2) is 4.99 Å². The molecule has 0 fully saturated rings. The van der Waals surface area contributed by atoms with E-state index in [0.29, 0.717) is 18.7 Å². The van der Waals surface area contributed by atoms with Crippen molar-refractivity contribution in [2.75, 3.05) is 27.7 Å². The highest BCUT2D eigenvalue weighted by Crippen LogP contribution is 2.22. The number of hydrogen-bond donors (Lipinski definition) is 2. The Morgan fingerprint density at radius 1 is 0.938 bits per heavy atom. The van der Waals surface area contributed by atoms with Gasteiger partial charge in [0.05, 0.1) is 13.7 Å². The summed E-state index contributed by atoms with van der Waals surface area (Å²) in [4.78, 5) is 18.3. The molecule has 0 heterocycles. The van der Waals surface area contributed by atoms with Crippen LogP contribution < -0.4 is 15.4 Å². The number of ether oxygens (including phenoxy) is 1. The first-order chi connectivity index (χ1) is 15.0. The summed E-state index contributed by atoms with van der Waals surface area (Å²) in [6.07, 6.45) is 0. The summed E-state index contributed by atoms with van der Waals surface area (Å²) in [6.45, 7) is 4.02. The fraction of sp³-hybridized carbons (Fsp3) is 0.280. The van der Waals surface area contributed by atoms with Crippen molar-refractivity contribution >= 4 is 46.6 Å². The van der Waals surface area contributed by atoms with Crippen molar-refractivity contribution in [1.82, 2.24) is 15.5 Å². The standard InChI is InChI=1S/C25H30N4O2.HI/c1-5-26-25(27-16-18-6-9-20(10-7-18)24(30)29(2)3)28-17-19-8-11-22-15-23(31-4)13-12-21(22)14-19;/h6-15H,5,16-17H2,1-4H3,(H2,26,27,28);1H. The predicted molar refractivity (Wildman–Crippen MR) is 142 cm³/mol. The molecule has 0 aliphatic rings. The van der Waals surface area contributed by atoms with Crippen LogP contribution in [0.4, 0.5) is 0 Å². The van der Waals surface area contributed by atoms with Gasteiger partial charge in [-0.1, -0.05) is 30.3 Å². The molecule has 3 rings (SSSR count). The first-order valence-corrected chi connectivity index (χ1v) is 10.4. The number of carbonyl (C=O) groups excluding carboxylic acids is 1. The molecular weight excluding hydrogens is 515 g/mol. The maximum absolute atomic E-state index is 12.0. The van der Waals surface area contributed by atoms with Crippen molar-refractivity contribution in [3.05, 3.63) is 77.4 Å². The molecular formula is C25H31IN4O2. The van der Waals surface area contributed by atoms with Crippen molar-refractivity contribution in [3.8, 4) is 5.75 Å². The molecule has 7 heteroatoms. The minimum atomic E-state index is 0. The highest BCUT2D eigenvalue weighted by molar-refractivity contribution is 14.0. The summed E-state index contributed by atoms with van der Waals surface area (Å²) < 4.78 is 5.29. The Labute approximate surface area is 207 Å². The van der Waals surface area contributed by atoms with E-state index in [9.17, 15) is 4.79 Å². The van der Waals surface area contributed by atoms with Crippen LogP contribution in [-0.4, -0.2) is 44.5 Å². The molecule has 0 aliphatic carbocycles. The second-order valence-electron chi connectivity index (χ2n) is 7.49. The summed E-state index contributed by atoms with van der Waals surface area (Å²) in [5.41, 5.74) is 2.91. The van der Waals surface area contributed by atoms with Gasteiger partial charge in [-0.15, -0.1) is 24.0 Å². The van der Waals surface area contributed by atoms with Crippen LogP contribution in [0.15, 0.2) is 65.7 Å². The number of carbonyl (C=O) groups is 1. The van der Waals surface area contributed by atoms with Crippen LogP contribution in [0.1, 0.15) is 28.4 Å². The summed E-state index contributed by atoms with van der Waals surface area (Å²) in [5.74, 6) is 1.62. The molecule has 0 unspecified atom stereocenters. The largest absolute Gasteiger partial charge is 0.497 e. The van der Waals surface area contributed by atoms with Crippen LogP contribution >= 0.6 is 24.0 Å². The molecule has 0 radical (unpaired) electrons. The van der Waals surface area contributed by atoms with E-state index in [1.807, 2.05) is 43.3 Å².